The Labute approximate surface area is 137 Å². The van der Waals surface area contributed by atoms with Crippen molar-refractivity contribution in [2.75, 3.05) is 5.32 Å². The number of benzene rings is 2. The summed E-state index contributed by atoms with van der Waals surface area (Å²) in [5, 5.41) is 12.4. The molecule has 0 spiro atoms. The van der Waals surface area contributed by atoms with Crippen molar-refractivity contribution in [3.63, 3.8) is 0 Å². The van der Waals surface area contributed by atoms with E-state index in [0.29, 0.717) is 4.47 Å². The zero-order valence-electron chi connectivity index (χ0n) is 12.6. The normalized spacial score (nSPS) is 11.3. The molecule has 0 saturated heterocycles. The predicted molar refractivity (Wildman–Crippen MR) is 88.9 cm³/mol. The molecule has 2 aromatic rings. The molecule has 116 valence electrons. The average molecular weight is 366 g/mol. The van der Waals surface area contributed by atoms with Gasteiger partial charge >= 0.3 is 0 Å². The lowest BCUT2D eigenvalue weighted by Gasteiger charge is -2.20. The second-order valence-electron chi connectivity index (χ2n) is 6.06. The van der Waals surface area contributed by atoms with Crippen molar-refractivity contribution in [3.8, 4) is 5.75 Å². The predicted octanol–water partition coefficient (Wildman–Crippen LogP) is 4.84. The topological polar surface area (TPSA) is 49.3 Å². The van der Waals surface area contributed by atoms with E-state index in [1.165, 1.54) is 18.2 Å². The number of amides is 1. The quantitative estimate of drug-likeness (QED) is 0.747. The fourth-order valence-corrected chi connectivity index (χ4v) is 2.30. The Morgan fingerprint density at radius 2 is 1.86 bits per heavy atom. The van der Waals surface area contributed by atoms with Crippen LogP contribution in [0.15, 0.2) is 40.9 Å². The summed E-state index contributed by atoms with van der Waals surface area (Å²) in [6, 6.07) is 9.21. The van der Waals surface area contributed by atoms with Crippen molar-refractivity contribution in [2.24, 2.45) is 0 Å². The number of hydrogen-bond donors (Lipinski definition) is 2. The number of phenols is 1. The molecular weight excluding hydrogens is 349 g/mol. The number of nitrogens with one attached hydrogen (secondary N) is 1. The van der Waals surface area contributed by atoms with E-state index in [4.69, 9.17) is 0 Å². The third-order valence-electron chi connectivity index (χ3n) is 3.29. The molecule has 2 aromatic carbocycles. The molecule has 5 heteroatoms. The maximum Gasteiger partial charge on any atom is 0.258 e. The molecule has 3 nitrogen and oxygen atoms in total. The molecule has 22 heavy (non-hydrogen) atoms. The van der Waals surface area contributed by atoms with Gasteiger partial charge in [0.2, 0.25) is 0 Å². The van der Waals surface area contributed by atoms with Crippen molar-refractivity contribution in [2.45, 2.75) is 26.2 Å². The average Bonchev–Trinajstić information content (AvgIpc) is 2.39. The van der Waals surface area contributed by atoms with Crippen LogP contribution in [-0.2, 0) is 5.41 Å². The molecule has 0 unspecified atom stereocenters. The highest BCUT2D eigenvalue weighted by atomic mass is 79.9. The van der Waals surface area contributed by atoms with E-state index in [9.17, 15) is 14.3 Å². The first-order valence-electron chi connectivity index (χ1n) is 6.78. The number of rotatable bonds is 2. The van der Waals surface area contributed by atoms with E-state index in [1.807, 2.05) is 20.8 Å². The highest BCUT2D eigenvalue weighted by Crippen LogP contribution is 2.31. The van der Waals surface area contributed by atoms with Gasteiger partial charge in [-0.25, -0.2) is 4.39 Å². The van der Waals surface area contributed by atoms with Gasteiger partial charge in [-0.2, -0.15) is 0 Å². The third kappa shape index (κ3) is 3.65. The number of hydrogen-bond acceptors (Lipinski definition) is 2. The summed E-state index contributed by atoms with van der Waals surface area (Å²) in [5.74, 6) is -1.29. The van der Waals surface area contributed by atoms with Gasteiger partial charge in [0.05, 0.1) is 11.3 Å². The molecule has 0 aliphatic carbocycles. The summed E-state index contributed by atoms with van der Waals surface area (Å²) in [6.45, 7) is 6.08. The largest absolute Gasteiger partial charge is 0.506 e. The van der Waals surface area contributed by atoms with Crippen LogP contribution in [0.25, 0.3) is 0 Å². The minimum Gasteiger partial charge on any atom is -0.506 e. The van der Waals surface area contributed by atoms with Crippen molar-refractivity contribution < 1.29 is 14.3 Å². The van der Waals surface area contributed by atoms with Crippen LogP contribution in [0.3, 0.4) is 0 Å². The fourth-order valence-electron chi connectivity index (χ4n) is 1.97. The highest BCUT2D eigenvalue weighted by Gasteiger charge is 2.18. The molecule has 2 N–H and O–H groups in total. The summed E-state index contributed by atoms with van der Waals surface area (Å²) in [4.78, 5) is 12.2. The molecule has 0 radical (unpaired) electrons. The molecule has 0 aromatic heterocycles. The number of carbonyl (C=O) groups excluding carboxylic acids is 1. The number of anilines is 1. The Hall–Kier alpha value is -1.88. The van der Waals surface area contributed by atoms with E-state index in [0.717, 1.165) is 5.56 Å². The lowest BCUT2D eigenvalue weighted by molar-refractivity contribution is 0.102. The van der Waals surface area contributed by atoms with Crippen LogP contribution in [0.5, 0.6) is 5.75 Å². The summed E-state index contributed by atoms with van der Waals surface area (Å²) in [5.41, 5.74) is 1.01. The summed E-state index contributed by atoms with van der Waals surface area (Å²) < 4.78 is 14.4. The molecule has 0 aliphatic heterocycles. The van der Waals surface area contributed by atoms with Gasteiger partial charge < -0.3 is 10.4 Å². The molecule has 2 rings (SSSR count). The van der Waals surface area contributed by atoms with E-state index in [2.05, 4.69) is 21.2 Å². The SMILES string of the molecule is CC(C)(C)c1ccc(O)c(NC(=O)c2ccc(Br)cc2F)c1. The Morgan fingerprint density at radius 1 is 1.18 bits per heavy atom. The Kier molecular flexibility index (Phi) is 4.56. The second kappa shape index (κ2) is 6.08. The number of halogens is 2. The molecule has 0 aliphatic rings. The van der Waals surface area contributed by atoms with Gasteiger partial charge in [0.1, 0.15) is 11.6 Å². The maximum absolute atomic E-state index is 13.8. The standard InChI is InChI=1S/C17H17BrFNO2/c1-17(2,3)10-4-7-15(21)14(8-10)20-16(22)12-6-5-11(18)9-13(12)19/h4-9,21H,1-3H3,(H,20,22). The van der Waals surface area contributed by atoms with Crippen LogP contribution in [0.2, 0.25) is 0 Å². The van der Waals surface area contributed by atoms with Crippen LogP contribution >= 0.6 is 15.9 Å². The summed E-state index contributed by atoms with van der Waals surface area (Å²) >= 11 is 3.14. The molecule has 1 amide bonds. The first-order chi connectivity index (χ1) is 10.2. The molecule has 0 fully saturated rings. The maximum atomic E-state index is 13.8. The first kappa shape index (κ1) is 16.5. The van der Waals surface area contributed by atoms with E-state index >= 15 is 0 Å². The van der Waals surface area contributed by atoms with Crippen molar-refractivity contribution >= 4 is 27.5 Å². The Balaban J connectivity index is 2.32. The van der Waals surface area contributed by atoms with E-state index < -0.39 is 11.7 Å². The minimum atomic E-state index is -0.627. The van der Waals surface area contributed by atoms with Gasteiger partial charge in [0.25, 0.3) is 5.91 Å². The summed E-state index contributed by atoms with van der Waals surface area (Å²) in [7, 11) is 0. The van der Waals surface area contributed by atoms with Gasteiger partial charge in [-0.3, -0.25) is 4.79 Å². The summed E-state index contributed by atoms with van der Waals surface area (Å²) in [6.07, 6.45) is 0. The highest BCUT2D eigenvalue weighted by molar-refractivity contribution is 9.10. The van der Waals surface area contributed by atoms with Crippen molar-refractivity contribution in [1.29, 1.82) is 0 Å². The van der Waals surface area contributed by atoms with Gasteiger partial charge in [0.15, 0.2) is 0 Å². The molecule has 0 bridgehead atoms. The minimum absolute atomic E-state index is 0.0566. The van der Waals surface area contributed by atoms with E-state index in [-0.39, 0.29) is 22.4 Å². The van der Waals surface area contributed by atoms with Gasteiger partial charge in [0, 0.05) is 4.47 Å². The molecule has 0 heterocycles. The lowest BCUT2D eigenvalue weighted by atomic mass is 9.87. The lowest BCUT2D eigenvalue weighted by Crippen LogP contribution is -2.16. The number of carbonyl (C=O) groups is 1. The van der Waals surface area contributed by atoms with Crippen LogP contribution in [0.4, 0.5) is 10.1 Å². The smallest absolute Gasteiger partial charge is 0.258 e. The van der Waals surface area contributed by atoms with Crippen molar-refractivity contribution in [3.05, 3.63) is 57.8 Å². The van der Waals surface area contributed by atoms with Gasteiger partial charge in [-0.05, 0) is 41.3 Å². The second-order valence-corrected chi connectivity index (χ2v) is 6.98. The van der Waals surface area contributed by atoms with Crippen LogP contribution in [0.1, 0.15) is 36.7 Å². The van der Waals surface area contributed by atoms with Gasteiger partial charge in [-0.1, -0.05) is 42.8 Å². The first-order valence-corrected chi connectivity index (χ1v) is 7.57. The third-order valence-corrected chi connectivity index (χ3v) is 3.78. The van der Waals surface area contributed by atoms with Crippen LogP contribution in [-0.4, -0.2) is 11.0 Å². The van der Waals surface area contributed by atoms with Crippen LogP contribution < -0.4 is 5.32 Å². The number of aromatic hydroxyl groups is 1. The molecule has 0 atom stereocenters. The Morgan fingerprint density at radius 3 is 2.45 bits per heavy atom. The fraction of sp³-hybridized carbons (Fsp3) is 0.235. The molecule has 0 saturated carbocycles. The molecular formula is C17H17BrFNO2. The van der Waals surface area contributed by atoms with Gasteiger partial charge in [-0.15, -0.1) is 0 Å². The van der Waals surface area contributed by atoms with Crippen molar-refractivity contribution in [1.82, 2.24) is 0 Å². The van der Waals surface area contributed by atoms with E-state index in [1.54, 1.807) is 18.2 Å². The zero-order valence-corrected chi connectivity index (χ0v) is 14.2. The zero-order chi connectivity index (χ0) is 16.5. The number of phenolic OH excluding ortho intramolecular Hbond substituents is 1. The Bertz CT molecular complexity index is 723. The monoisotopic (exact) mass is 365 g/mol. The van der Waals surface area contributed by atoms with Crippen LogP contribution in [0, 0.1) is 5.82 Å².